The normalized spacial score (nSPS) is 10.3. The van der Waals surface area contributed by atoms with Gasteiger partial charge in [-0.05, 0) is 45.3 Å². The fourth-order valence-corrected chi connectivity index (χ4v) is 2.97. The highest BCUT2D eigenvalue weighted by atomic mass is 79.9. The molecule has 0 saturated carbocycles. The van der Waals surface area contributed by atoms with E-state index in [1.807, 2.05) is 36.4 Å². The highest BCUT2D eigenvalue weighted by Gasteiger charge is 2.09. The number of halogens is 2. The van der Waals surface area contributed by atoms with Crippen LogP contribution in [0.1, 0.15) is 21.5 Å². The molecule has 0 aliphatic carbocycles. The van der Waals surface area contributed by atoms with Crippen LogP contribution in [0.3, 0.4) is 0 Å². The van der Waals surface area contributed by atoms with Gasteiger partial charge in [0.2, 0.25) is 0 Å². The van der Waals surface area contributed by atoms with Crippen LogP contribution in [0.15, 0.2) is 51.4 Å². The van der Waals surface area contributed by atoms with E-state index in [1.165, 1.54) is 0 Å². The number of carbonyl (C=O) groups is 1. The highest BCUT2D eigenvalue weighted by molar-refractivity contribution is 9.11. The summed E-state index contributed by atoms with van der Waals surface area (Å²) in [5, 5.41) is 2.90. The minimum atomic E-state index is -0.104. The van der Waals surface area contributed by atoms with Gasteiger partial charge in [-0.2, -0.15) is 0 Å². The van der Waals surface area contributed by atoms with Gasteiger partial charge in [0.15, 0.2) is 0 Å². The lowest BCUT2D eigenvalue weighted by Gasteiger charge is -2.08. The first-order valence-electron chi connectivity index (χ1n) is 6.11. The van der Waals surface area contributed by atoms with Crippen molar-refractivity contribution >= 4 is 37.8 Å². The molecule has 20 heavy (non-hydrogen) atoms. The van der Waals surface area contributed by atoms with E-state index in [-0.39, 0.29) is 5.91 Å². The molecular weight excluding hydrogens is 384 g/mol. The number of rotatable bonds is 4. The van der Waals surface area contributed by atoms with Gasteiger partial charge in [0.25, 0.3) is 5.91 Å². The summed E-state index contributed by atoms with van der Waals surface area (Å²) in [4.78, 5) is 12.1. The molecule has 2 aromatic rings. The van der Waals surface area contributed by atoms with E-state index in [0.717, 1.165) is 20.1 Å². The molecule has 0 aliphatic heterocycles. The van der Waals surface area contributed by atoms with Crippen molar-refractivity contribution in [3.05, 3.63) is 68.1 Å². The molecule has 0 spiro atoms. The molecule has 0 saturated heterocycles. The average Bonchev–Trinajstić information content (AvgIpc) is 2.45. The van der Waals surface area contributed by atoms with E-state index in [9.17, 15) is 4.79 Å². The Hall–Kier alpha value is -1.17. The summed E-state index contributed by atoms with van der Waals surface area (Å²) in [7, 11) is 0. The molecular formula is C15H14Br2N2O. The minimum Gasteiger partial charge on any atom is -0.348 e. The number of nitrogens with two attached hydrogens (primary N) is 1. The maximum atomic E-state index is 12.1. The third kappa shape index (κ3) is 3.91. The van der Waals surface area contributed by atoms with Crippen LogP contribution in [0.2, 0.25) is 0 Å². The van der Waals surface area contributed by atoms with Gasteiger partial charge in [0.05, 0.1) is 5.56 Å². The molecule has 5 heteroatoms. The Morgan fingerprint density at radius 2 is 1.70 bits per heavy atom. The van der Waals surface area contributed by atoms with Crippen LogP contribution in [-0.4, -0.2) is 5.91 Å². The molecule has 0 unspecified atom stereocenters. The van der Waals surface area contributed by atoms with Crippen molar-refractivity contribution in [2.75, 3.05) is 0 Å². The second-order valence-electron chi connectivity index (χ2n) is 4.33. The molecule has 0 aromatic heterocycles. The molecule has 3 nitrogen and oxygen atoms in total. The molecule has 3 N–H and O–H groups in total. The van der Waals surface area contributed by atoms with Gasteiger partial charge in [-0.3, -0.25) is 4.79 Å². The molecule has 0 bridgehead atoms. The van der Waals surface area contributed by atoms with Gasteiger partial charge in [0, 0.05) is 22.0 Å². The first kappa shape index (κ1) is 15.2. The number of hydrogen-bond acceptors (Lipinski definition) is 2. The van der Waals surface area contributed by atoms with E-state index in [0.29, 0.717) is 18.7 Å². The van der Waals surface area contributed by atoms with Gasteiger partial charge >= 0.3 is 0 Å². The molecule has 0 atom stereocenters. The zero-order chi connectivity index (χ0) is 14.5. The smallest absolute Gasteiger partial charge is 0.252 e. The summed E-state index contributed by atoms with van der Waals surface area (Å²) in [6.07, 6.45) is 0. The van der Waals surface area contributed by atoms with Crippen LogP contribution in [0.25, 0.3) is 0 Å². The van der Waals surface area contributed by atoms with Crippen molar-refractivity contribution in [1.82, 2.24) is 5.32 Å². The van der Waals surface area contributed by atoms with Crippen LogP contribution in [-0.2, 0) is 13.1 Å². The standard InChI is InChI=1S/C15H14Br2N2O/c16-12-5-6-13(14(17)7-12)15(20)19-9-11-3-1-10(8-18)2-4-11/h1-7H,8-9,18H2,(H,19,20). The van der Waals surface area contributed by atoms with E-state index >= 15 is 0 Å². The lowest BCUT2D eigenvalue weighted by Crippen LogP contribution is -2.23. The highest BCUT2D eigenvalue weighted by Crippen LogP contribution is 2.21. The molecule has 0 fully saturated rings. The predicted molar refractivity (Wildman–Crippen MR) is 87.3 cm³/mol. The number of hydrogen-bond donors (Lipinski definition) is 2. The molecule has 2 aromatic carbocycles. The van der Waals surface area contributed by atoms with E-state index in [4.69, 9.17) is 5.73 Å². The Kier molecular flexibility index (Phi) is 5.34. The zero-order valence-corrected chi connectivity index (χ0v) is 13.9. The summed E-state index contributed by atoms with van der Waals surface area (Å²) in [5.41, 5.74) is 8.29. The van der Waals surface area contributed by atoms with Gasteiger partial charge in [-0.15, -0.1) is 0 Å². The summed E-state index contributed by atoms with van der Waals surface area (Å²) >= 11 is 6.75. The summed E-state index contributed by atoms with van der Waals surface area (Å²) in [6, 6.07) is 13.4. The van der Waals surface area contributed by atoms with Crippen molar-refractivity contribution in [2.45, 2.75) is 13.1 Å². The van der Waals surface area contributed by atoms with Crippen molar-refractivity contribution in [3.8, 4) is 0 Å². The van der Waals surface area contributed by atoms with Crippen LogP contribution in [0, 0.1) is 0 Å². The second-order valence-corrected chi connectivity index (χ2v) is 6.10. The van der Waals surface area contributed by atoms with Crippen LogP contribution in [0.4, 0.5) is 0 Å². The van der Waals surface area contributed by atoms with E-state index < -0.39 is 0 Å². The Balaban J connectivity index is 2.00. The van der Waals surface area contributed by atoms with Crippen LogP contribution in [0.5, 0.6) is 0 Å². The maximum absolute atomic E-state index is 12.1. The number of benzene rings is 2. The molecule has 0 radical (unpaired) electrons. The molecule has 0 aliphatic rings. The van der Waals surface area contributed by atoms with Crippen molar-refractivity contribution < 1.29 is 4.79 Å². The predicted octanol–water partition coefficient (Wildman–Crippen LogP) is 3.60. The van der Waals surface area contributed by atoms with Crippen LogP contribution >= 0.6 is 31.9 Å². The monoisotopic (exact) mass is 396 g/mol. The van der Waals surface area contributed by atoms with Crippen molar-refractivity contribution in [1.29, 1.82) is 0 Å². The van der Waals surface area contributed by atoms with Crippen molar-refractivity contribution in [3.63, 3.8) is 0 Å². The van der Waals surface area contributed by atoms with Gasteiger partial charge < -0.3 is 11.1 Å². The Morgan fingerprint density at radius 1 is 1.05 bits per heavy atom. The summed E-state index contributed by atoms with van der Waals surface area (Å²) < 4.78 is 1.70. The second kappa shape index (κ2) is 7.02. The van der Waals surface area contributed by atoms with Gasteiger partial charge in [-0.25, -0.2) is 0 Å². The topological polar surface area (TPSA) is 55.1 Å². The van der Waals surface area contributed by atoms with Gasteiger partial charge in [-0.1, -0.05) is 40.2 Å². The quantitative estimate of drug-likeness (QED) is 0.827. The SMILES string of the molecule is NCc1ccc(CNC(=O)c2ccc(Br)cc2Br)cc1. The lowest BCUT2D eigenvalue weighted by atomic mass is 10.1. The number of carbonyl (C=O) groups excluding carboxylic acids is 1. The number of nitrogens with one attached hydrogen (secondary N) is 1. The molecule has 104 valence electrons. The summed E-state index contributed by atoms with van der Waals surface area (Å²) in [5.74, 6) is -0.104. The third-order valence-corrected chi connectivity index (χ3v) is 4.04. The lowest BCUT2D eigenvalue weighted by molar-refractivity contribution is 0.0950. The minimum absolute atomic E-state index is 0.104. The van der Waals surface area contributed by atoms with Gasteiger partial charge in [0.1, 0.15) is 0 Å². The largest absolute Gasteiger partial charge is 0.348 e. The first-order chi connectivity index (χ1) is 9.60. The Labute approximate surface area is 134 Å². The Bertz CT molecular complexity index is 612. The average molecular weight is 398 g/mol. The van der Waals surface area contributed by atoms with E-state index in [2.05, 4.69) is 37.2 Å². The molecule has 0 heterocycles. The first-order valence-corrected chi connectivity index (χ1v) is 7.70. The zero-order valence-electron chi connectivity index (χ0n) is 10.7. The third-order valence-electron chi connectivity index (χ3n) is 2.89. The van der Waals surface area contributed by atoms with Crippen molar-refractivity contribution in [2.24, 2.45) is 5.73 Å². The summed E-state index contributed by atoms with van der Waals surface area (Å²) in [6.45, 7) is 1.02. The van der Waals surface area contributed by atoms with E-state index in [1.54, 1.807) is 6.07 Å². The fraction of sp³-hybridized carbons (Fsp3) is 0.133. The molecule has 2 rings (SSSR count). The Morgan fingerprint density at radius 3 is 2.30 bits per heavy atom. The number of amides is 1. The maximum Gasteiger partial charge on any atom is 0.252 e. The van der Waals surface area contributed by atoms with Crippen LogP contribution < -0.4 is 11.1 Å². The molecule has 1 amide bonds. The fourth-order valence-electron chi connectivity index (χ4n) is 1.74.